The monoisotopic (exact) mass is 372 g/mol. The van der Waals surface area contributed by atoms with Crippen LogP contribution in [0.5, 0.6) is 0 Å². The number of benzene rings is 1. The van der Waals surface area contributed by atoms with E-state index in [-0.39, 0.29) is 28.0 Å². The molecule has 5 nitrogen and oxygen atoms in total. The number of nitrogens with one attached hydrogen (secondary N) is 3. The van der Waals surface area contributed by atoms with E-state index in [1.165, 1.54) is 12.3 Å². The van der Waals surface area contributed by atoms with Crippen LogP contribution >= 0.6 is 0 Å². The summed E-state index contributed by atoms with van der Waals surface area (Å²) in [6.07, 6.45) is 5.32. The van der Waals surface area contributed by atoms with Crippen LogP contribution in [0.2, 0.25) is 0 Å². The second-order valence-electron chi connectivity index (χ2n) is 7.11. The van der Waals surface area contributed by atoms with E-state index in [1.54, 1.807) is 6.07 Å². The van der Waals surface area contributed by atoms with Crippen molar-refractivity contribution in [2.75, 3.05) is 18.4 Å². The summed E-state index contributed by atoms with van der Waals surface area (Å²) in [6.45, 7) is 3.88. The number of nitrogens with two attached hydrogens (primary N) is 1. The molecule has 1 fully saturated rings. The van der Waals surface area contributed by atoms with Gasteiger partial charge in [-0.1, -0.05) is 13.0 Å². The van der Waals surface area contributed by atoms with Crippen LogP contribution in [-0.2, 0) is 10.2 Å². The molecule has 142 valence electrons. The Balaban J connectivity index is 1.80. The predicted molar refractivity (Wildman–Crippen MR) is 102 cm³/mol. The summed E-state index contributed by atoms with van der Waals surface area (Å²) in [4.78, 5) is 11.3. The molecule has 1 aliphatic carbocycles. The van der Waals surface area contributed by atoms with E-state index in [4.69, 9.17) is 11.1 Å². The molecular weight excluding hydrogens is 350 g/mol. The highest BCUT2D eigenvalue weighted by molar-refractivity contribution is 6.28. The molecule has 0 radical (unpaired) electrons. The number of halogens is 2. The molecule has 1 saturated heterocycles. The molecule has 1 aromatic carbocycles. The summed E-state index contributed by atoms with van der Waals surface area (Å²) < 4.78 is 28.2. The molecule has 1 atom stereocenters. The highest BCUT2D eigenvalue weighted by Gasteiger charge is 2.29. The van der Waals surface area contributed by atoms with Crippen molar-refractivity contribution in [2.24, 2.45) is 5.73 Å². The van der Waals surface area contributed by atoms with Crippen LogP contribution in [0.15, 0.2) is 53.5 Å². The van der Waals surface area contributed by atoms with Crippen molar-refractivity contribution in [3.05, 3.63) is 64.9 Å². The summed E-state index contributed by atoms with van der Waals surface area (Å²) in [5, 5.41) is 14.0. The number of piperidine rings is 1. The summed E-state index contributed by atoms with van der Waals surface area (Å²) in [5.41, 5.74) is 5.83. The fourth-order valence-electron chi connectivity index (χ4n) is 3.40. The molecule has 1 unspecified atom stereocenters. The lowest BCUT2D eigenvalue weighted by molar-refractivity contribution is -0.114. The van der Waals surface area contributed by atoms with Gasteiger partial charge in [-0.25, -0.2) is 8.78 Å². The van der Waals surface area contributed by atoms with E-state index >= 15 is 0 Å². The lowest BCUT2D eigenvalue weighted by Gasteiger charge is -2.34. The standard InChI is InChI=1S/C20H22F2N4O/c1-20(5-2-6-25-11-20)13-3-4-17(16(22)8-13)26-10-12-7-14(21)9-15(18(12)23)19(24)27/h3-4,7-10,23,25-26H,2,5-6,11H2,1H3,(H2,24,27)/b12-10-,23-18?. The highest BCUT2D eigenvalue weighted by atomic mass is 19.1. The molecule has 0 bridgehead atoms. The summed E-state index contributed by atoms with van der Waals surface area (Å²) >= 11 is 0. The second-order valence-corrected chi connectivity index (χ2v) is 7.11. The van der Waals surface area contributed by atoms with Crippen molar-refractivity contribution < 1.29 is 13.6 Å². The van der Waals surface area contributed by atoms with Crippen molar-refractivity contribution >= 4 is 17.3 Å². The van der Waals surface area contributed by atoms with Gasteiger partial charge in [-0.05, 0) is 49.2 Å². The summed E-state index contributed by atoms with van der Waals surface area (Å²) in [6, 6.07) is 5.00. The van der Waals surface area contributed by atoms with Gasteiger partial charge in [-0.2, -0.15) is 0 Å². The number of carbonyl (C=O) groups excluding carboxylic acids is 1. The van der Waals surface area contributed by atoms with Crippen molar-refractivity contribution in [1.29, 1.82) is 5.41 Å². The van der Waals surface area contributed by atoms with Crippen LogP contribution in [0, 0.1) is 11.2 Å². The van der Waals surface area contributed by atoms with Gasteiger partial charge in [0.05, 0.1) is 17.0 Å². The Bertz CT molecular complexity index is 880. The molecule has 3 rings (SSSR count). The normalized spacial score (nSPS) is 24.4. The summed E-state index contributed by atoms with van der Waals surface area (Å²) in [5.74, 6) is -2.02. The third-order valence-corrected chi connectivity index (χ3v) is 5.05. The Kier molecular flexibility index (Phi) is 5.23. The first-order chi connectivity index (χ1) is 12.8. The van der Waals surface area contributed by atoms with Crippen molar-refractivity contribution in [2.45, 2.75) is 25.2 Å². The molecule has 1 aromatic rings. The van der Waals surface area contributed by atoms with E-state index in [9.17, 15) is 13.6 Å². The number of amides is 1. The van der Waals surface area contributed by atoms with Crippen LogP contribution in [0.25, 0.3) is 0 Å². The fourth-order valence-corrected chi connectivity index (χ4v) is 3.40. The number of hydrogen-bond acceptors (Lipinski definition) is 4. The number of hydrogen-bond donors (Lipinski definition) is 4. The largest absolute Gasteiger partial charge is 0.366 e. The lowest BCUT2D eigenvalue weighted by Crippen LogP contribution is -2.41. The van der Waals surface area contributed by atoms with Gasteiger partial charge >= 0.3 is 0 Å². The minimum Gasteiger partial charge on any atom is -0.366 e. The van der Waals surface area contributed by atoms with Crippen LogP contribution in [0.3, 0.4) is 0 Å². The van der Waals surface area contributed by atoms with E-state index < -0.39 is 17.6 Å². The maximum atomic E-state index is 14.6. The molecular formula is C20H22F2N4O. The number of rotatable bonds is 4. The predicted octanol–water partition coefficient (Wildman–Crippen LogP) is 3.06. The minimum absolute atomic E-state index is 0.107. The second kappa shape index (κ2) is 7.44. The van der Waals surface area contributed by atoms with Gasteiger partial charge in [0.1, 0.15) is 11.6 Å². The molecule has 27 heavy (non-hydrogen) atoms. The molecule has 0 aromatic heterocycles. The molecule has 7 heteroatoms. The Morgan fingerprint density at radius 1 is 1.37 bits per heavy atom. The first-order valence-electron chi connectivity index (χ1n) is 8.76. The van der Waals surface area contributed by atoms with Crippen molar-refractivity contribution in [3.8, 4) is 0 Å². The Hall–Kier alpha value is -2.80. The maximum Gasteiger partial charge on any atom is 0.250 e. The van der Waals surface area contributed by atoms with Gasteiger partial charge in [0, 0.05) is 23.7 Å². The zero-order chi connectivity index (χ0) is 19.6. The van der Waals surface area contributed by atoms with Crippen molar-refractivity contribution in [1.82, 2.24) is 5.32 Å². The topological polar surface area (TPSA) is 91.0 Å². The zero-order valence-corrected chi connectivity index (χ0v) is 15.0. The number of anilines is 1. The van der Waals surface area contributed by atoms with Gasteiger partial charge < -0.3 is 16.4 Å². The van der Waals surface area contributed by atoms with E-state index in [0.29, 0.717) is 0 Å². The molecule has 0 spiro atoms. The van der Waals surface area contributed by atoms with E-state index in [1.807, 2.05) is 6.07 Å². The number of carbonyl (C=O) groups is 1. The quantitative estimate of drug-likeness (QED) is 0.655. The molecule has 5 N–H and O–H groups in total. The van der Waals surface area contributed by atoms with Gasteiger partial charge in [-0.3, -0.25) is 10.2 Å². The Labute approximate surface area is 156 Å². The third kappa shape index (κ3) is 3.98. The molecule has 1 amide bonds. The third-order valence-electron chi connectivity index (χ3n) is 5.05. The van der Waals surface area contributed by atoms with E-state index in [0.717, 1.165) is 43.6 Å². The SMILES string of the molecule is CC1(c2ccc(N/C=C3/C=C(F)C=C(C(N)=O)C3=N)c(F)c2)CCCNC1. The average Bonchev–Trinajstić information content (AvgIpc) is 2.63. The van der Waals surface area contributed by atoms with Gasteiger partial charge in [0.15, 0.2) is 0 Å². The minimum atomic E-state index is -0.890. The Morgan fingerprint density at radius 3 is 2.78 bits per heavy atom. The van der Waals surface area contributed by atoms with Gasteiger partial charge in [-0.15, -0.1) is 0 Å². The maximum absolute atomic E-state index is 14.6. The first kappa shape index (κ1) is 19.0. The average molecular weight is 372 g/mol. The van der Waals surface area contributed by atoms with Crippen LogP contribution < -0.4 is 16.4 Å². The molecule has 2 aliphatic rings. The number of allylic oxidation sites excluding steroid dienone is 4. The molecule has 1 heterocycles. The Morgan fingerprint density at radius 2 is 2.15 bits per heavy atom. The van der Waals surface area contributed by atoms with E-state index in [2.05, 4.69) is 17.6 Å². The van der Waals surface area contributed by atoms with Crippen LogP contribution in [0.1, 0.15) is 25.3 Å². The summed E-state index contributed by atoms with van der Waals surface area (Å²) in [7, 11) is 0. The molecule has 1 aliphatic heterocycles. The van der Waals surface area contributed by atoms with Crippen molar-refractivity contribution in [3.63, 3.8) is 0 Å². The van der Waals surface area contributed by atoms with Gasteiger partial charge in [0.2, 0.25) is 0 Å². The highest BCUT2D eigenvalue weighted by Crippen LogP contribution is 2.32. The zero-order valence-electron chi connectivity index (χ0n) is 15.0. The first-order valence-corrected chi connectivity index (χ1v) is 8.76. The van der Waals surface area contributed by atoms with Crippen LogP contribution in [-0.4, -0.2) is 24.7 Å². The lowest BCUT2D eigenvalue weighted by atomic mass is 9.76. The fraction of sp³-hybridized carbons (Fsp3) is 0.300. The molecule has 0 saturated carbocycles. The smallest absolute Gasteiger partial charge is 0.250 e. The van der Waals surface area contributed by atoms with Crippen LogP contribution in [0.4, 0.5) is 14.5 Å². The number of primary amides is 1. The van der Waals surface area contributed by atoms with Gasteiger partial charge in [0.25, 0.3) is 5.91 Å².